The highest BCUT2D eigenvalue weighted by Gasteiger charge is 2.21. The third-order valence-corrected chi connectivity index (χ3v) is 10.0. The van der Waals surface area contributed by atoms with E-state index in [1.54, 1.807) is 0 Å². The molecular weight excluding hydrogens is 627 g/mol. The van der Waals surface area contributed by atoms with Crippen LogP contribution in [0.4, 0.5) is 0 Å². The molecule has 0 saturated heterocycles. The standard InChI is InChI=1S/C46H27N3O2/c1-4-12-28(13-5-1)43-45-44(48-46(47-43)29-14-6-2-7-15-29)35-27-31(21-24-39(35)51-45)30-20-22-36-34(26-30)41-37(49(36)32-16-8-3-9-17-32)23-25-40-42(41)33-18-10-11-19-38(33)50-40/h1-27H. The Balaban J connectivity index is 1.18. The van der Waals surface area contributed by atoms with Gasteiger partial charge in [-0.05, 0) is 65.7 Å². The maximum absolute atomic E-state index is 6.54. The second kappa shape index (κ2) is 10.8. The van der Waals surface area contributed by atoms with E-state index in [-0.39, 0.29) is 0 Å². The highest BCUT2D eigenvalue weighted by atomic mass is 16.3. The molecule has 4 heterocycles. The van der Waals surface area contributed by atoms with E-state index >= 15 is 0 Å². The molecule has 0 aliphatic carbocycles. The van der Waals surface area contributed by atoms with Crippen molar-refractivity contribution in [3.05, 3.63) is 164 Å². The fourth-order valence-electron chi connectivity index (χ4n) is 7.69. The molecule has 7 aromatic carbocycles. The first-order valence-electron chi connectivity index (χ1n) is 17.1. The van der Waals surface area contributed by atoms with E-state index in [0.717, 1.165) is 83.1 Å². The summed E-state index contributed by atoms with van der Waals surface area (Å²) in [5, 5.41) is 5.55. The molecule has 0 radical (unpaired) electrons. The van der Waals surface area contributed by atoms with Gasteiger partial charge in [-0.25, -0.2) is 9.97 Å². The fraction of sp³-hybridized carbons (Fsp3) is 0. The molecule has 0 aliphatic rings. The average Bonchev–Trinajstić information content (AvgIpc) is 3.87. The van der Waals surface area contributed by atoms with Crippen molar-refractivity contribution in [1.82, 2.24) is 14.5 Å². The molecule has 0 N–H and O–H groups in total. The Morgan fingerprint density at radius 3 is 1.84 bits per heavy atom. The van der Waals surface area contributed by atoms with Crippen LogP contribution in [0.3, 0.4) is 0 Å². The third kappa shape index (κ3) is 4.22. The van der Waals surface area contributed by atoms with Crippen molar-refractivity contribution in [1.29, 1.82) is 0 Å². The molecule has 0 atom stereocenters. The van der Waals surface area contributed by atoms with Gasteiger partial charge in [-0.1, -0.05) is 109 Å². The van der Waals surface area contributed by atoms with Gasteiger partial charge in [0.05, 0.1) is 11.0 Å². The van der Waals surface area contributed by atoms with Gasteiger partial charge in [0.1, 0.15) is 28.0 Å². The van der Waals surface area contributed by atoms with Crippen LogP contribution in [0.15, 0.2) is 173 Å². The number of rotatable bonds is 4. The number of hydrogen-bond acceptors (Lipinski definition) is 4. The van der Waals surface area contributed by atoms with E-state index in [4.69, 9.17) is 18.8 Å². The molecule has 0 spiro atoms. The van der Waals surface area contributed by atoms with Crippen molar-refractivity contribution >= 4 is 65.8 Å². The minimum Gasteiger partial charge on any atom is -0.456 e. The first kappa shape index (κ1) is 27.9. The lowest BCUT2D eigenvalue weighted by Crippen LogP contribution is -1.93. The van der Waals surface area contributed by atoms with E-state index in [0.29, 0.717) is 11.4 Å². The Labute approximate surface area is 291 Å². The van der Waals surface area contributed by atoms with Gasteiger partial charge in [0.2, 0.25) is 0 Å². The summed E-state index contributed by atoms with van der Waals surface area (Å²) in [6, 6.07) is 56.7. The lowest BCUT2D eigenvalue weighted by atomic mass is 9.99. The minimum atomic E-state index is 0.668. The Morgan fingerprint density at radius 2 is 1.04 bits per heavy atom. The number of hydrogen-bond donors (Lipinski definition) is 0. The van der Waals surface area contributed by atoms with Crippen LogP contribution in [0.1, 0.15) is 0 Å². The van der Waals surface area contributed by atoms with Gasteiger partial charge in [-0.2, -0.15) is 0 Å². The second-order valence-electron chi connectivity index (χ2n) is 13.0. The van der Waals surface area contributed by atoms with Crippen molar-refractivity contribution < 1.29 is 8.83 Å². The average molecular weight is 654 g/mol. The number of aromatic nitrogens is 3. The topological polar surface area (TPSA) is 57.0 Å². The summed E-state index contributed by atoms with van der Waals surface area (Å²) in [7, 11) is 0. The predicted octanol–water partition coefficient (Wildman–Crippen LogP) is 12.4. The lowest BCUT2D eigenvalue weighted by Gasteiger charge is -2.08. The van der Waals surface area contributed by atoms with Crippen LogP contribution in [0.25, 0.3) is 105 Å². The Hall–Kier alpha value is -6.98. The first-order valence-corrected chi connectivity index (χ1v) is 17.1. The van der Waals surface area contributed by atoms with Crippen molar-refractivity contribution in [2.24, 2.45) is 0 Å². The summed E-state index contributed by atoms with van der Waals surface area (Å²) in [6.07, 6.45) is 0. The number of benzene rings is 7. The van der Waals surface area contributed by atoms with Gasteiger partial charge >= 0.3 is 0 Å². The van der Waals surface area contributed by atoms with Crippen LogP contribution in [-0.2, 0) is 0 Å². The molecule has 4 aromatic heterocycles. The van der Waals surface area contributed by atoms with Crippen LogP contribution >= 0.6 is 0 Å². The molecule has 0 bridgehead atoms. The molecule has 51 heavy (non-hydrogen) atoms. The van der Waals surface area contributed by atoms with E-state index in [1.165, 1.54) is 10.8 Å². The van der Waals surface area contributed by atoms with E-state index < -0.39 is 0 Å². The lowest BCUT2D eigenvalue weighted by molar-refractivity contribution is 0.667. The molecule has 5 heteroatoms. The zero-order valence-electron chi connectivity index (χ0n) is 27.2. The van der Waals surface area contributed by atoms with Crippen LogP contribution in [0.2, 0.25) is 0 Å². The maximum Gasteiger partial charge on any atom is 0.180 e. The monoisotopic (exact) mass is 653 g/mol. The van der Waals surface area contributed by atoms with Gasteiger partial charge in [-0.3, -0.25) is 0 Å². The van der Waals surface area contributed by atoms with Gasteiger partial charge in [0, 0.05) is 43.7 Å². The van der Waals surface area contributed by atoms with E-state index in [9.17, 15) is 0 Å². The summed E-state index contributed by atoms with van der Waals surface area (Å²) in [4.78, 5) is 10.2. The summed E-state index contributed by atoms with van der Waals surface area (Å²) in [5.74, 6) is 0.668. The summed E-state index contributed by atoms with van der Waals surface area (Å²) >= 11 is 0. The number of para-hydroxylation sites is 2. The highest BCUT2D eigenvalue weighted by molar-refractivity contribution is 6.27. The molecule has 0 aliphatic heterocycles. The van der Waals surface area contributed by atoms with Crippen LogP contribution in [0.5, 0.6) is 0 Å². The summed E-state index contributed by atoms with van der Waals surface area (Å²) in [5.41, 5.74) is 12.3. The van der Waals surface area contributed by atoms with Crippen molar-refractivity contribution in [2.45, 2.75) is 0 Å². The van der Waals surface area contributed by atoms with E-state index in [1.807, 2.05) is 60.7 Å². The van der Waals surface area contributed by atoms with Crippen molar-refractivity contribution in [3.8, 4) is 39.5 Å². The molecule has 0 unspecified atom stereocenters. The van der Waals surface area contributed by atoms with Crippen LogP contribution < -0.4 is 0 Å². The predicted molar refractivity (Wildman–Crippen MR) is 207 cm³/mol. The highest BCUT2D eigenvalue weighted by Crippen LogP contribution is 2.43. The normalized spacial score (nSPS) is 11.9. The number of nitrogens with zero attached hydrogens (tertiary/aromatic N) is 3. The largest absolute Gasteiger partial charge is 0.456 e. The first-order chi connectivity index (χ1) is 25.3. The zero-order valence-corrected chi connectivity index (χ0v) is 27.2. The molecule has 238 valence electrons. The SMILES string of the molecule is c1ccc(-c2nc(-c3ccccc3)c3oc4ccc(-c5ccc6c(c5)c5c7c(ccc5n6-c5ccccc5)oc5ccccc57)cc4c3n2)cc1. The summed E-state index contributed by atoms with van der Waals surface area (Å²) < 4.78 is 15.3. The number of fused-ring (bicyclic) bond motifs is 10. The quantitative estimate of drug-likeness (QED) is 0.190. The maximum atomic E-state index is 6.54. The fourth-order valence-corrected chi connectivity index (χ4v) is 7.69. The second-order valence-corrected chi connectivity index (χ2v) is 13.0. The summed E-state index contributed by atoms with van der Waals surface area (Å²) in [6.45, 7) is 0. The molecule has 0 fully saturated rings. The Kier molecular flexibility index (Phi) is 5.89. The van der Waals surface area contributed by atoms with Crippen LogP contribution in [-0.4, -0.2) is 14.5 Å². The number of furan rings is 2. The molecule has 11 rings (SSSR count). The van der Waals surface area contributed by atoms with E-state index in [2.05, 4.69) is 108 Å². The van der Waals surface area contributed by atoms with Gasteiger partial charge < -0.3 is 13.4 Å². The Morgan fingerprint density at radius 1 is 0.412 bits per heavy atom. The third-order valence-electron chi connectivity index (χ3n) is 10.0. The molecule has 0 amide bonds. The molecular formula is C46H27N3O2. The smallest absolute Gasteiger partial charge is 0.180 e. The molecule has 5 nitrogen and oxygen atoms in total. The molecule has 11 aromatic rings. The van der Waals surface area contributed by atoms with Gasteiger partial charge in [-0.15, -0.1) is 0 Å². The molecule has 0 saturated carbocycles. The van der Waals surface area contributed by atoms with Crippen molar-refractivity contribution in [3.63, 3.8) is 0 Å². The van der Waals surface area contributed by atoms with Gasteiger partial charge in [0.15, 0.2) is 11.4 Å². The Bertz CT molecular complexity index is 3120. The zero-order chi connectivity index (χ0) is 33.5. The van der Waals surface area contributed by atoms with Crippen molar-refractivity contribution in [2.75, 3.05) is 0 Å². The minimum absolute atomic E-state index is 0.668. The van der Waals surface area contributed by atoms with Crippen LogP contribution in [0, 0.1) is 0 Å². The van der Waals surface area contributed by atoms with Gasteiger partial charge in [0.25, 0.3) is 0 Å².